The Labute approximate surface area is 108 Å². The molecule has 1 aromatic carbocycles. The summed E-state index contributed by atoms with van der Waals surface area (Å²) in [6, 6.07) is 3.42. The molecule has 106 valence electrons. The van der Waals surface area contributed by atoms with Gasteiger partial charge < -0.3 is 19.3 Å². The lowest BCUT2D eigenvalue weighted by Gasteiger charge is -2.17. The Kier molecular flexibility index (Phi) is 5.50. The zero-order valence-electron chi connectivity index (χ0n) is 10.4. The molecule has 19 heavy (non-hydrogen) atoms. The number of benzene rings is 1. The second kappa shape index (κ2) is 6.89. The zero-order chi connectivity index (χ0) is 14.4. The number of halogens is 2. The molecule has 0 bridgehead atoms. The summed E-state index contributed by atoms with van der Waals surface area (Å²) in [5, 5.41) is 8.85. The Morgan fingerprint density at radius 2 is 2.00 bits per heavy atom. The van der Waals surface area contributed by atoms with E-state index in [1.165, 1.54) is 7.11 Å². The summed E-state index contributed by atoms with van der Waals surface area (Å²) in [5.41, 5.74) is -0.0822. The van der Waals surface area contributed by atoms with E-state index in [4.69, 9.17) is 14.6 Å². The van der Waals surface area contributed by atoms with Crippen LogP contribution in [0.2, 0.25) is 0 Å². The van der Waals surface area contributed by atoms with E-state index in [0.29, 0.717) is 0 Å². The van der Waals surface area contributed by atoms with E-state index in [1.54, 1.807) is 6.92 Å². The first-order valence-corrected chi connectivity index (χ1v) is 5.41. The van der Waals surface area contributed by atoms with Crippen LogP contribution in [0.1, 0.15) is 17.3 Å². The third-order valence-electron chi connectivity index (χ3n) is 2.14. The molecule has 0 saturated heterocycles. The number of carbonyl (C=O) groups is 1. The van der Waals surface area contributed by atoms with Gasteiger partial charge >= 0.3 is 12.6 Å². The molecule has 0 amide bonds. The fourth-order valence-electron chi connectivity index (χ4n) is 1.41. The molecule has 1 atom stereocenters. The Morgan fingerprint density at radius 3 is 2.53 bits per heavy atom. The summed E-state index contributed by atoms with van der Waals surface area (Å²) in [4.78, 5) is 10.8. The first kappa shape index (κ1) is 15.2. The summed E-state index contributed by atoms with van der Waals surface area (Å²) in [6.07, 6.45) is -0.436. The highest BCUT2D eigenvalue weighted by Gasteiger charge is 2.16. The van der Waals surface area contributed by atoms with Gasteiger partial charge in [-0.2, -0.15) is 8.78 Å². The highest BCUT2D eigenvalue weighted by Crippen LogP contribution is 2.30. The summed E-state index contributed by atoms with van der Waals surface area (Å²) in [6.45, 7) is -1.13. The van der Waals surface area contributed by atoms with Crippen molar-refractivity contribution >= 4 is 5.97 Å². The van der Waals surface area contributed by atoms with Crippen LogP contribution in [0.3, 0.4) is 0 Å². The normalized spacial score (nSPS) is 12.3. The van der Waals surface area contributed by atoms with Crippen molar-refractivity contribution in [3.63, 3.8) is 0 Å². The van der Waals surface area contributed by atoms with E-state index in [2.05, 4.69) is 4.74 Å². The number of ether oxygens (including phenoxy) is 3. The van der Waals surface area contributed by atoms with Gasteiger partial charge in [-0.25, -0.2) is 4.79 Å². The maximum atomic E-state index is 12.2. The fraction of sp³-hybridized carbons (Fsp3) is 0.417. The number of rotatable bonds is 7. The molecule has 1 unspecified atom stereocenters. The van der Waals surface area contributed by atoms with Crippen molar-refractivity contribution in [2.45, 2.75) is 19.6 Å². The molecule has 0 heterocycles. The molecule has 0 aromatic heterocycles. The van der Waals surface area contributed by atoms with Crippen LogP contribution in [0.25, 0.3) is 0 Å². The lowest BCUT2D eigenvalue weighted by molar-refractivity contribution is -0.0524. The quantitative estimate of drug-likeness (QED) is 0.828. The van der Waals surface area contributed by atoms with E-state index in [-0.39, 0.29) is 23.7 Å². The van der Waals surface area contributed by atoms with Gasteiger partial charge in [-0.15, -0.1) is 0 Å². The second-order valence-electron chi connectivity index (χ2n) is 3.73. The summed E-state index contributed by atoms with van der Waals surface area (Å²) < 4.78 is 38.9. The zero-order valence-corrected chi connectivity index (χ0v) is 10.4. The molecule has 1 N–H and O–H groups in total. The average Bonchev–Trinajstić information content (AvgIpc) is 2.30. The molecule has 0 aliphatic heterocycles. The average molecular weight is 276 g/mol. The van der Waals surface area contributed by atoms with Crippen LogP contribution in [-0.2, 0) is 4.74 Å². The number of aromatic carboxylic acids is 1. The maximum Gasteiger partial charge on any atom is 0.387 e. The molecule has 5 nitrogen and oxygen atoms in total. The van der Waals surface area contributed by atoms with Crippen LogP contribution >= 0.6 is 0 Å². The van der Waals surface area contributed by atoms with Crippen molar-refractivity contribution in [3.8, 4) is 11.5 Å². The van der Waals surface area contributed by atoms with Crippen molar-refractivity contribution in [1.82, 2.24) is 0 Å². The molecule has 0 fully saturated rings. The van der Waals surface area contributed by atoms with Gasteiger partial charge in [-0.1, -0.05) is 0 Å². The highest BCUT2D eigenvalue weighted by molar-refractivity contribution is 5.88. The molecular weight excluding hydrogens is 262 g/mol. The van der Waals surface area contributed by atoms with Gasteiger partial charge in [0.15, 0.2) is 11.5 Å². The van der Waals surface area contributed by atoms with Crippen molar-refractivity contribution in [2.24, 2.45) is 0 Å². The van der Waals surface area contributed by atoms with Crippen LogP contribution in [-0.4, -0.2) is 37.5 Å². The van der Waals surface area contributed by atoms with Gasteiger partial charge in [-0.05, 0) is 25.1 Å². The number of hydrogen-bond acceptors (Lipinski definition) is 4. The largest absolute Gasteiger partial charge is 0.484 e. The Morgan fingerprint density at radius 1 is 1.32 bits per heavy atom. The minimum absolute atomic E-state index is 0.0650. The number of carboxylic acid groups (broad SMARTS) is 1. The van der Waals surface area contributed by atoms with E-state index in [1.807, 2.05) is 0 Å². The molecule has 0 radical (unpaired) electrons. The van der Waals surface area contributed by atoms with Crippen LogP contribution in [0.15, 0.2) is 18.2 Å². The van der Waals surface area contributed by atoms with Crippen molar-refractivity contribution in [1.29, 1.82) is 0 Å². The SMILES string of the molecule is COCC(C)Oc1cc(C(=O)O)ccc1OC(F)F. The van der Waals surface area contributed by atoms with Crippen LogP contribution in [0.4, 0.5) is 8.78 Å². The number of alkyl halides is 2. The van der Waals surface area contributed by atoms with Gasteiger partial charge in [0.05, 0.1) is 12.2 Å². The summed E-state index contributed by atoms with van der Waals surface area (Å²) in [7, 11) is 1.46. The lowest BCUT2D eigenvalue weighted by Crippen LogP contribution is -2.19. The predicted molar refractivity (Wildman–Crippen MR) is 62.0 cm³/mol. The molecule has 1 aromatic rings. The minimum Gasteiger partial charge on any atom is -0.484 e. The fourth-order valence-corrected chi connectivity index (χ4v) is 1.41. The van der Waals surface area contributed by atoms with Crippen LogP contribution < -0.4 is 9.47 Å². The van der Waals surface area contributed by atoms with E-state index < -0.39 is 18.7 Å². The van der Waals surface area contributed by atoms with Crippen molar-refractivity contribution < 1.29 is 32.9 Å². The molecule has 1 rings (SSSR count). The first-order valence-electron chi connectivity index (χ1n) is 5.41. The predicted octanol–water partition coefficient (Wildman–Crippen LogP) is 2.40. The molecule has 0 spiro atoms. The number of hydrogen-bond donors (Lipinski definition) is 1. The smallest absolute Gasteiger partial charge is 0.387 e. The van der Waals surface area contributed by atoms with Crippen LogP contribution in [0.5, 0.6) is 11.5 Å². The third kappa shape index (κ3) is 4.70. The van der Waals surface area contributed by atoms with Gasteiger partial charge in [0, 0.05) is 7.11 Å². The van der Waals surface area contributed by atoms with Gasteiger partial charge in [0.25, 0.3) is 0 Å². The van der Waals surface area contributed by atoms with Gasteiger partial charge in [-0.3, -0.25) is 0 Å². The third-order valence-corrected chi connectivity index (χ3v) is 2.14. The first-order chi connectivity index (χ1) is 8.93. The summed E-state index contributed by atoms with van der Waals surface area (Å²) >= 11 is 0. The Bertz CT molecular complexity index is 436. The lowest BCUT2D eigenvalue weighted by atomic mass is 10.2. The monoisotopic (exact) mass is 276 g/mol. The van der Waals surface area contributed by atoms with Crippen molar-refractivity contribution in [2.75, 3.05) is 13.7 Å². The molecular formula is C12H14F2O5. The van der Waals surface area contributed by atoms with E-state index in [9.17, 15) is 13.6 Å². The number of methoxy groups -OCH3 is 1. The highest BCUT2D eigenvalue weighted by atomic mass is 19.3. The van der Waals surface area contributed by atoms with Gasteiger partial charge in [0.1, 0.15) is 6.10 Å². The van der Waals surface area contributed by atoms with Crippen molar-refractivity contribution in [3.05, 3.63) is 23.8 Å². The molecule has 0 aliphatic rings. The molecule has 7 heteroatoms. The van der Waals surface area contributed by atoms with E-state index >= 15 is 0 Å². The van der Waals surface area contributed by atoms with Crippen LogP contribution in [0, 0.1) is 0 Å². The molecule has 0 aliphatic carbocycles. The topological polar surface area (TPSA) is 65.0 Å². The van der Waals surface area contributed by atoms with Gasteiger partial charge in [0.2, 0.25) is 0 Å². The second-order valence-corrected chi connectivity index (χ2v) is 3.73. The Hall–Kier alpha value is -1.89. The minimum atomic E-state index is -3.02. The maximum absolute atomic E-state index is 12.2. The standard InChI is InChI=1S/C12H14F2O5/c1-7(6-17-2)18-10-5-8(11(15)16)3-4-9(10)19-12(13)14/h3-5,7,12H,6H2,1-2H3,(H,15,16). The van der Waals surface area contributed by atoms with E-state index in [0.717, 1.165) is 18.2 Å². The summed E-state index contributed by atoms with van der Waals surface area (Å²) in [5.74, 6) is -1.47. The Balaban J connectivity index is 2.99. The molecule has 0 saturated carbocycles. The number of carboxylic acids is 1.